The molecular weight excluding hydrogens is 135 g/mol. The number of hydrogen-bond acceptors (Lipinski definition) is 2. The monoisotopic (exact) mass is 142 g/mol. The van der Waals surface area contributed by atoms with E-state index in [0.717, 1.165) is 11.9 Å². The molecule has 48 valence electrons. The minimum absolute atomic E-state index is 0.555. The Hall–Kier alpha value is -0.690. The second-order valence-corrected chi connectivity index (χ2v) is 2.53. The number of aromatic amines is 1. The normalized spacial score (nSPS) is 10.8. The SMILES string of the molecule is CPc1ncc(C=O)[nH]1. The highest BCUT2D eigenvalue weighted by Gasteiger charge is 1.93. The quantitative estimate of drug-likeness (QED) is 0.472. The largest absolute Gasteiger partial charge is 0.336 e. The average Bonchev–Trinajstić information content (AvgIpc) is 2.34. The molecule has 1 heterocycles. The number of H-pyrrole nitrogens is 1. The molecule has 1 N–H and O–H groups in total. The lowest BCUT2D eigenvalue weighted by Crippen LogP contribution is -1.97. The number of hydrogen-bond donors (Lipinski definition) is 1. The van der Waals surface area contributed by atoms with Gasteiger partial charge in [0.2, 0.25) is 0 Å². The van der Waals surface area contributed by atoms with E-state index in [1.165, 1.54) is 0 Å². The summed E-state index contributed by atoms with van der Waals surface area (Å²) in [5.41, 5.74) is 1.44. The molecule has 0 amide bonds. The molecule has 9 heavy (non-hydrogen) atoms. The van der Waals surface area contributed by atoms with Crippen LogP contribution in [0.1, 0.15) is 10.5 Å². The Morgan fingerprint density at radius 2 is 2.67 bits per heavy atom. The summed E-state index contributed by atoms with van der Waals surface area (Å²) in [6, 6.07) is 0. The number of imidazole rings is 1. The van der Waals surface area contributed by atoms with Crippen molar-refractivity contribution in [2.45, 2.75) is 0 Å². The minimum Gasteiger partial charge on any atom is -0.336 e. The smallest absolute Gasteiger partial charge is 0.167 e. The van der Waals surface area contributed by atoms with Gasteiger partial charge in [0.15, 0.2) is 6.29 Å². The first-order chi connectivity index (χ1) is 4.36. The number of nitrogens with one attached hydrogen (secondary N) is 1. The summed E-state index contributed by atoms with van der Waals surface area (Å²) in [6.45, 7) is 2.01. The van der Waals surface area contributed by atoms with E-state index in [1.54, 1.807) is 6.20 Å². The topological polar surface area (TPSA) is 45.8 Å². The second kappa shape index (κ2) is 2.74. The Labute approximate surface area is 54.7 Å². The van der Waals surface area contributed by atoms with Crippen LogP contribution in [0.5, 0.6) is 0 Å². The van der Waals surface area contributed by atoms with Gasteiger partial charge in [-0.05, 0) is 6.66 Å². The molecule has 0 aliphatic rings. The van der Waals surface area contributed by atoms with E-state index >= 15 is 0 Å². The summed E-state index contributed by atoms with van der Waals surface area (Å²) in [5, 5.41) is 0. The Morgan fingerprint density at radius 1 is 1.89 bits per heavy atom. The van der Waals surface area contributed by atoms with Crippen LogP contribution in [0.4, 0.5) is 0 Å². The molecule has 4 heteroatoms. The minimum atomic E-state index is 0.555. The van der Waals surface area contributed by atoms with Gasteiger partial charge < -0.3 is 4.98 Å². The van der Waals surface area contributed by atoms with Crippen molar-refractivity contribution in [1.29, 1.82) is 0 Å². The van der Waals surface area contributed by atoms with E-state index in [1.807, 2.05) is 6.66 Å². The van der Waals surface area contributed by atoms with E-state index < -0.39 is 0 Å². The fourth-order valence-corrected chi connectivity index (χ4v) is 0.985. The standard InChI is InChI=1S/C5H7N2OP/c1-9-5-6-2-4(3-8)7-5/h2-3,9H,1H3,(H,6,7). The predicted octanol–water partition coefficient (Wildman–Crippen LogP) is 0.156. The van der Waals surface area contributed by atoms with Gasteiger partial charge in [0.25, 0.3) is 0 Å². The molecule has 3 nitrogen and oxygen atoms in total. The molecule has 1 aromatic heterocycles. The molecule has 0 aliphatic carbocycles. The number of carbonyl (C=O) groups excluding carboxylic acids is 1. The molecule has 1 unspecified atom stereocenters. The number of carbonyl (C=O) groups is 1. The molecule has 1 aromatic rings. The number of rotatable bonds is 2. The van der Waals surface area contributed by atoms with Crippen LogP contribution in [-0.2, 0) is 0 Å². The summed E-state index contributed by atoms with van der Waals surface area (Å²) in [6.07, 6.45) is 2.30. The van der Waals surface area contributed by atoms with Crippen molar-refractivity contribution in [2.24, 2.45) is 0 Å². The zero-order valence-corrected chi connectivity index (χ0v) is 6.01. The summed E-state index contributed by atoms with van der Waals surface area (Å²) in [7, 11) is 0.628. The Balaban J connectivity index is 2.86. The summed E-state index contributed by atoms with van der Waals surface area (Å²) >= 11 is 0. The number of aromatic nitrogens is 2. The molecular formula is C5H7N2OP. The summed E-state index contributed by atoms with van der Waals surface area (Å²) < 4.78 is 0. The molecule has 0 aliphatic heterocycles. The molecule has 1 rings (SSSR count). The van der Waals surface area contributed by atoms with Gasteiger partial charge in [0.1, 0.15) is 5.57 Å². The summed E-state index contributed by atoms with van der Waals surface area (Å²) in [5.74, 6) is 0. The first-order valence-electron chi connectivity index (χ1n) is 2.54. The maximum Gasteiger partial charge on any atom is 0.167 e. The average molecular weight is 142 g/mol. The summed E-state index contributed by atoms with van der Waals surface area (Å²) in [4.78, 5) is 16.8. The van der Waals surface area contributed by atoms with Crippen molar-refractivity contribution < 1.29 is 4.79 Å². The van der Waals surface area contributed by atoms with Gasteiger partial charge in [0.05, 0.1) is 11.9 Å². The van der Waals surface area contributed by atoms with Crippen molar-refractivity contribution in [2.75, 3.05) is 6.66 Å². The predicted molar refractivity (Wildman–Crippen MR) is 37.8 cm³/mol. The third-order valence-corrected chi connectivity index (χ3v) is 1.69. The maximum atomic E-state index is 10.1. The second-order valence-electron chi connectivity index (χ2n) is 1.55. The number of nitrogens with zero attached hydrogens (tertiary/aromatic N) is 1. The van der Waals surface area contributed by atoms with Crippen molar-refractivity contribution in [1.82, 2.24) is 9.97 Å². The lowest BCUT2D eigenvalue weighted by Gasteiger charge is -1.82. The van der Waals surface area contributed by atoms with Gasteiger partial charge in [0, 0.05) is 0 Å². The van der Waals surface area contributed by atoms with Gasteiger partial charge in [-0.1, -0.05) is 8.58 Å². The van der Waals surface area contributed by atoms with Crippen molar-refractivity contribution in [3.8, 4) is 0 Å². The highest BCUT2D eigenvalue weighted by Crippen LogP contribution is 1.97. The van der Waals surface area contributed by atoms with Gasteiger partial charge in [-0.3, -0.25) is 4.79 Å². The van der Waals surface area contributed by atoms with Crippen molar-refractivity contribution in [3.63, 3.8) is 0 Å². The van der Waals surface area contributed by atoms with Crippen LogP contribution in [0.3, 0.4) is 0 Å². The van der Waals surface area contributed by atoms with Crippen LogP contribution in [-0.4, -0.2) is 22.9 Å². The molecule has 0 spiro atoms. The first kappa shape index (κ1) is 6.43. The molecule has 0 radical (unpaired) electrons. The molecule has 0 aromatic carbocycles. The molecule has 0 saturated carbocycles. The zero-order valence-electron chi connectivity index (χ0n) is 5.01. The van der Waals surface area contributed by atoms with E-state index in [2.05, 4.69) is 9.97 Å². The van der Waals surface area contributed by atoms with Crippen molar-refractivity contribution >= 4 is 20.4 Å². The van der Waals surface area contributed by atoms with Crippen LogP contribution >= 0.6 is 8.58 Å². The highest BCUT2D eigenvalue weighted by atomic mass is 31.1. The third-order valence-electron chi connectivity index (χ3n) is 0.959. The number of aldehydes is 1. The van der Waals surface area contributed by atoms with Crippen LogP contribution < -0.4 is 5.57 Å². The van der Waals surface area contributed by atoms with E-state index in [-0.39, 0.29) is 0 Å². The first-order valence-corrected chi connectivity index (χ1v) is 4.04. The van der Waals surface area contributed by atoms with Gasteiger partial charge >= 0.3 is 0 Å². The Morgan fingerprint density at radius 3 is 3.00 bits per heavy atom. The maximum absolute atomic E-state index is 10.1. The van der Waals surface area contributed by atoms with Crippen molar-refractivity contribution in [3.05, 3.63) is 11.9 Å². The third kappa shape index (κ3) is 1.36. The van der Waals surface area contributed by atoms with Crippen LogP contribution in [0, 0.1) is 0 Å². The fraction of sp³-hybridized carbons (Fsp3) is 0.200. The van der Waals surface area contributed by atoms with E-state index in [0.29, 0.717) is 14.3 Å². The van der Waals surface area contributed by atoms with E-state index in [4.69, 9.17) is 0 Å². The lowest BCUT2D eigenvalue weighted by atomic mass is 10.6. The van der Waals surface area contributed by atoms with Crippen LogP contribution in [0.15, 0.2) is 6.20 Å². The lowest BCUT2D eigenvalue weighted by molar-refractivity contribution is 0.111. The van der Waals surface area contributed by atoms with Crippen LogP contribution in [0.2, 0.25) is 0 Å². The highest BCUT2D eigenvalue weighted by molar-refractivity contribution is 7.45. The molecule has 0 bridgehead atoms. The van der Waals surface area contributed by atoms with Gasteiger partial charge in [-0.2, -0.15) is 0 Å². The Kier molecular flexibility index (Phi) is 1.96. The fourth-order valence-electron chi connectivity index (χ4n) is 0.522. The molecule has 0 fully saturated rings. The zero-order chi connectivity index (χ0) is 6.69. The van der Waals surface area contributed by atoms with Gasteiger partial charge in [-0.15, -0.1) is 0 Å². The van der Waals surface area contributed by atoms with Crippen LogP contribution in [0.25, 0.3) is 0 Å². The molecule has 0 saturated heterocycles. The Bertz CT molecular complexity index is 208. The molecule has 1 atom stereocenters. The van der Waals surface area contributed by atoms with Gasteiger partial charge in [-0.25, -0.2) is 4.98 Å². The van der Waals surface area contributed by atoms with E-state index in [9.17, 15) is 4.79 Å².